The lowest BCUT2D eigenvalue weighted by atomic mass is 9.99. The summed E-state index contributed by atoms with van der Waals surface area (Å²) >= 11 is 0. The van der Waals surface area contributed by atoms with Crippen LogP contribution in [0.1, 0.15) is 73.6 Å². The maximum Gasteiger partial charge on any atom is 0.416 e. The number of nitrogens with zero attached hydrogens (tertiary/aromatic N) is 2. The van der Waals surface area contributed by atoms with E-state index >= 15 is 4.39 Å². The number of nitrogen functional groups attached to an aromatic ring is 1. The highest BCUT2D eigenvalue weighted by atomic mass is 28.4. The van der Waals surface area contributed by atoms with Gasteiger partial charge in [-0.2, -0.15) is 13.2 Å². The Bertz CT molecular complexity index is 1530. The molecule has 1 amide bonds. The van der Waals surface area contributed by atoms with Crippen LogP contribution in [0.2, 0.25) is 18.1 Å². The molecule has 0 bridgehead atoms. The Labute approximate surface area is 244 Å². The first-order valence-electron chi connectivity index (χ1n) is 14.2. The van der Waals surface area contributed by atoms with Crippen LogP contribution in [-0.4, -0.2) is 36.8 Å². The molecule has 2 aromatic carbocycles. The second-order valence-corrected chi connectivity index (χ2v) is 17.8. The Hall–Kier alpha value is -3.18. The summed E-state index contributed by atoms with van der Waals surface area (Å²) < 4.78 is 67.4. The third-order valence-electron chi connectivity index (χ3n) is 9.05. The highest BCUT2D eigenvalue weighted by Gasteiger charge is 2.43. The van der Waals surface area contributed by atoms with Gasteiger partial charge in [0.05, 0.1) is 29.3 Å². The predicted molar refractivity (Wildman–Crippen MR) is 156 cm³/mol. The average molecular weight is 604 g/mol. The molecule has 0 saturated heterocycles. The minimum Gasteiger partial charge on any atom is -0.491 e. The highest BCUT2D eigenvalue weighted by Crippen LogP contribution is 2.45. The number of halogens is 4. The van der Waals surface area contributed by atoms with Crippen LogP contribution in [0, 0.1) is 11.7 Å². The van der Waals surface area contributed by atoms with Gasteiger partial charge in [-0.1, -0.05) is 26.8 Å². The summed E-state index contributed by atoms with van der Waals surface area (Å²) in [5.74, 6) is -0.756. The number of anilines is 1. The minimum atomic E-state index is -4.52. The van der Waals surface area contributed by atoms with E-state index in [1.165, 1.54) is 18.2 Å². The fraction of sp³-hybridized carbons (Fsp3) is 0.484. The number of pyridine rings is 1. The number of fused-ring (bicyclic) bond motifs is 2. The molecule has 2 aliphatic rings. The van der Waals surface area contributed by atoms with Crippen LogP contribution in [-0.2, 0) is 17.2 Å². The fourth-order valence-corrected chi connectivity index (χ4v) is 6.11. The Kier molecular flexibility index (Phi) is 7.58. The number of amides is 1. The molecular weight excluding hydrogens is 566 g/mol. The second-order valence-electron chi connectivity index (χ2n) is 13.0. The van der Waals surface area contributed by atoms with E-state index in [1.807, 2.05) is 6.92 Å². The number of rotatable bonds is 7. The maximum atomic E-state index is 15.5. The molecule has 11 heteroatoms. The van der Waals surface area contributed by atoms with Gasteiger partial charge in [-0.3, -0.25) is 4.79 Å². The molecule has 3 aromatic rings. The predicted octanol–water partition coefficient (Wildman–Crippen LogP) is 7.87. The summed E-state index contributed by atoms with van der Waals surface area (Å²) in [6.45, 7) is 12.8. The van der Waals surface area contributed by atoms with E-state index in [9.17, 15) is 18.0 Å². The van der Waals surface area contributed by atoms with Crippen molar-refractivity contribution < 1.29 is 31.5 Å². The van der Waals surface area contributed by atoms with Crippen LogP contribution in [0.5, 0.6) is 5.75 Å². The summed E-state index contributed by atoms with van der Waals surface area (Å²) in [4.78, 5) is 20.1. The molecular formula is C31H37F4N3O3Si. The Morgan fingerprint density at radius 2 is 1.86 bits per heavy atom. The summed E-state index contributed by atoms with van der Waals surface area (Å²) in [6.07, 6.45) is -2.69. The highest BCUT2D eigenvalue weighted by molar-refractivity contribution is 6.74. The lowest BCUT2D eigenvalue weighted by Crippen LogP contribution is -2.43. The number of alkyl halides is 3. The van der Waals surface area contributed by atoms with E-state index in [1.54, 1.807) is 11.0 Å². The molecule has 0 spiro atoms. The Morgan fingerprint density at radius 3 is 2.48 bits per heavy atom. The van der Waals surface area contributed by atoms with Gasteiger partial charge >= 0.3 is 6.18 Å². The van der Waals surface area contributed by atoms with Crippen LogP contribution in [0.3, 0.4) is 0 Å². The van der Waals surface area contributed by atoms with Crippen molar-refractivity contribution in [2.24, 2.45) is 5.92 Å². The van der Waals surface area contributed by atoms with Gasteiger partial charge in [0.2, 0.25) is 0 Å². The Morgan fingerprint density at radius 1 is 1.17 bits per heavy atom. The molecule has 1 saturated carbocycles. The second kappa shape index (κ2) is 10.5. The molecule has 1 aliphatic carbocycles. The molecule has 5 rings (SSSR count). The van der Waals surface area contributed by atoms with Gasteiger partial charge in [0.15, 0.2) is 8.32 Å². The molecule has 2 heterocycles. The van der Waals surface area contributed by atoms with E-state index in [0.29, 0.717) is 22.0 Å². The average Bonchev–Trinajstić information content (AvgIpc) is 3.66. The maximum absolute atomic E-state index is 15.5. The zero-order valence-electron chi connectivity index (χ0n) is 24.7. The zero-order chi connectivity index (χ0) is 30.8. The normalized spacial score (nSPS) is 18.1. The lowest BCUT2D eigenvalue weighted by molar-refractivity contribution is -0.137. The number of benzene rings is 2. The quantitative estimate of drug-likeness (QED) is 0.220. The van der Waals surface area contributed by atoms with E-state index in [-0.39, 0.29) is 47.3 Å². The van der Waals surface area contributed by atoms with Crippen molar-refractivity contribution in [2.75, 3.05) is 12.3 Å². The number of carbonyl (C=O) groups is 1. The van der Waals surface area contributed by atoms with Crippen molar-refractivity contribution in [1.29, 1.82) is 0 Å². The number of ether oxygens (including phenoxy) is 1. The number of hydrogen-bond donors (Lipinski definition) is 1. The fourth-order valence-electron chi connectivity index (χ4n) is 5.16. The number of aromatic nitrogens is 1. The van der Waals surface area contributed by atoms with Gasteiger partial charge in [0.1, 0.15) is 24.0 Å². The number of nitrogens with two attached hydrogens (primary N) is 1. The smallest absolute Gasteiger partial charge is 0.416 e. The molecule has 226 valence electrons. The Balaban J connectivity index is 1.50. The van der Waals surface area contributed by atoms with Crippen LogP contribution < -0.4 is 10.5 Å². The first-order chi connectivity index (χ1) is 19.5. The topological polar surface area (TPSA) is 77.7 Å². The molecule has 0 radical (unpaired) electrons. The van der Waals surface area contributed by atoms with Crippen molar-refractivity contribution in [2.45, 2.75) is 83.5 Å². The van der Waals surface area contributed by atoms with Crippen LogP contribution in [0.15, 0.2) is 36.4 Å². The summed E-state index contributed by atoms with van der Waals surface area (Å²) in [5, 5.41) is 0.535. The van der Waals surface area contributed by atoms with Gasteiger partial charge in [-0.05, 0) is 68.1 Å². The molecule has 1 fully saturated rings. The van der Waals surface area contributed by atoms with Gasteiger partial charge in [-0.25, -0.2) is 9.37 Å². The monoisotopic (exact) mass is 603 g/mol. The largest absolute Gasteiger partial charge is 0.491 e. The standard InChI is InChI=1S/C31H37F4N3O3Si/c1-17(18-7-8-18)38(26-16-40-27-13-21(31(33,34)35)9-10-22(26)27)29(39)23-12-19-11-20(15-41-42(5,6)30(2,3)4)28(36)37-25(19)14-24(23)32/h9-14,17-18,26H,7-8,15-16H2,1-6H3,(H2,36,37). The molecule has 2 atom stereocenters. The summed E-state index contributed by atoms with van der Waals surface area (Å²) in [7, 11) is -2.08. The first kappa shape index (κ1) is 30.3. The van der Waals surface area contributed by atoms with Gasteiger partial charge < -0.3 is 19.8 Å². The van der Waals surface area contributed by atoms with Crippen LogP contribution in [0.25, 0.3) is 10.9 Å². The van der Waals surface area contributed by atoms with E-state index in [2.05, 4.69) is 38.8 Å². The molecule has 6 nitrogen and oxygen atoms in total. The third-order valence-corrected chi connectivity index (χ3v) is 13.5. The zero-order valence-corrected chi connectivity index (χ0v) is 25.7. The molecule has 2 N–H and O–H groups in total. The van der Waals surface area contributed by atoms with Crippen molar-refractivity contribution in [1.82, 2.24) is 9.88 Å². The minimum absolute atomic E-state index is 0.00660. The van der Waals surface area contributed by atoms with E-state index < -0.39 is 37.8 Å². The SMILES string of the molecule is CC(C1CC1)N(C(=O)c1cc2cc(CO[Si](C)(C)C(C)(C)C)c(N)nc2cc1F)C1COc2cc(C(F)(F)F)ccc21. The van der Waals surface area contributed by atoms with Gasteiger partial charge in [0, 0.05) is 28.6 Å². The van der Waals surface area contributed by atoms with Gasteiger partial charge in [-0.15, -0.1) is 0 Å². The third kappa shape index (κ3) is 5.73. The molecule has 1 aliphatic heterocycles. The molecule has 2 unspecified atom stereocenters. The van der Waals surface area contributed by atoms with Crippen molar-refractivity contribution in [3.8, 4) is 5.75 Å². The van der Waals surface area contributed by atoms with E-state index in [0.717, 1.165) is 25.0 Å². The van der Waals surface area contributed by atoms with Crippen LogP contribution >= 0.6 is 0 Å². The summed E-state index contributed by atoms with van der Waals surface area (Å²) in [5.41, 5.74) is 6.69. The van der Waals surface area contributed by atoms with E-state index in [4.69, 9.17) is 14.9 Å². The number of carbonyl (C=O) groups excluding carboxylic acids is 1. The van der Waals surface area contributed by atoms with Crippen molar-refractivity contribution in [3.05, 3.63) is 64.5 Å². The molecule has 42 heavy (non-hydrogen) atoms. The van der Waals surface area contributed by atoms with Crippen LogP contribution in [0.4, 0.5) is 23.4 Å². The lowest BCUT2D eigenvalue weighted by Gasteiger charge is -2.36. The molecule has 1 aromatic heterocycles. The van der Waals surface area contributed by atoms with Gasteiger partial charge in [0.25, 0.3) is 5.91 Å². The van der Waals surface area contributed by atoms with Crippen molar-refractivity contribution >= 4 is 30.9 Å². The number of hydrogen-bond acceptors (Lipinski definition) is 5. The van der Waals surface area contributed by atoms with Crippen molar-refractivity contribution in [3.63, 3.8) is 0 Å². The summed E-state index contributed by atoms with van der Waals surface area (Å²) in [6, 6.07) is 6.84. The first-order valence-corrected chi connectivity index (χ1v) is 17.1.